The Morgan fingerprint density at radius 1 is 1.26 bits per heavy atom. The standard InChI is InChI=1S/C13H20ClNO3S/c1-9-5-11(6-10(2)12(9)14)18-7-13(3,4)8-19(15,16)17/h5-6H,7-8H2,1-4H3,(H2,15,16,17). The molecule has 1 rings (SSSR count). The van der Waals surface area contributed by atoms with Crippen LogP contribution >= 0.6 is 11.6 Å². The summed E-state index contributed by atoms with van der Waals surface area (Å²) in [7, 11) is -3.51. The molecule has 19 heavy (non-hydrogen) atoms. The summed E-state index contributed by atoms with van der Waals surface area (Å²) in [5, 5.41) is 5.78. The second-order valence-corrected chi connectivity index (χ2v) is 7.62. The second-order valence-electron chi connectivity index (χ2n) is 5.63. The zero-order chi connectivity index (χ0) is 14.8. The van der Waals surface area contributed by atoms with Crippen LogP contribution in [0.25, 0.3) is 0 Å². The molecule has 0 aliphatic rings. The molecule has 6 heteroatoms. The highest BCUT2D eigenvalue weighted by molar-refractivity contribution is 7.89. The lowest BCUT2D eigenvalue weighted by atomic mass is 9.98. The third kappa shape index (κ3) is 5.38. The van der Waals surface area contributed by atoms with Crippen molar-refractivity contribution >= 4 is 21.6 Å². The molecule has 2 N–H and O–H groups in total. The molecule has 1 aromatic carbocycles. The first kappa shape index (κ1) is 16.3. The number of benzene rings is 1. The van der Waals surface area contributed by atoms with E-state index in [0.717, 1.165) is 16.1 Å². The molecular weight excluding hydrogens is 286 g/mol. The van der Waals surface area contributed by atoms with E-state index in [0.29, 0.717) is 5.75 Å². The van der Waals surface area contributed by atoms with Crippen LogP contribution in [0.1, 0.15) is 25.0 Å². The first-order valence-corrected chi connectivity index (χ1v) is 7.99. The summed E-state index contributed by atoms with van der Waals surface area (Å²) in [4.78, 5) is 0. The normalized spacial score (nSPS) is 12.5. The van der Waals surface area contributed by atoms with Crippen LogP contribution in [-0.2, 0) is 10.0 Å². The van der Waals surface area contributed by atoms with Gasteiger partial charge in [0.2, 0.25) is 10.0 Å². The van der Waals surface area contributed by atoms with Crippen molar-refractivity contribution in [1.82, 2.24) is 0 Å². The van der Waals surface area contributed by atoms with Crippen LogP contribution in [0.4, 0.5) is 0 Å². The Hall–Kier alpha value is -0.780. The van der Waals surface area contributed by atoms with Gasteiger partial charge in [0.1, 0.15) is 5.75 Å². The molecule has 4 nitrogen and oxygen atoms in total. The lowest BCUT2D eigenvalue weighted by Crippen LogP contribution is -2.33. The van der Waals surface area contributed by atoms with E-state index in [1.165, 1.54) is 0 Å². The van der Waals surface area contributed by atoms with Crippen LogP contribution in [0.2, 0.25) is 5.02 Å². The number of sulfonamides is 1. The molecule has 0 atom stereocenters. The van der Waals surface area contributed by atoms with Gasteiger partial charge < -0.3 is 4.74 Å². The number of aryl methyl sites for hydroxylation is 2. The van der Waals surface area contributed by atoms with Gasteiger partial charge in [-0.2, -0.15) is 0 Å². The Morgan fingerprint density at radius 2 is 1.74 bits per heavy atom. The molecular formula is C13H20ClNO3S. The highest BCUT2D eigenvalue weighted by Gasteiger charge is 2.25. The van der Waals surface area contributed by atoms with E-state index in [-0.39, 0.29) is 12.4 Å². The Balaban J connectivity index is 2.77. The zero-order valence-electron chi connectivity index (χ0n) is 11.7. The monoisotopic (exact) mass is 305 g/mol. The summed E-state index contributed by atoms with van der Waals surface area (Å²) in [5.41, 5.74) is 1.32. The molecule has 0 fully saturated rings. The fourth-order valence-corrected chi connectivity index (χ4v) is 3.14. The van der Waals surface area contributed by atoms with E-state index in [1.807, 2.05) is 26.0 Å². The molecule has 1 aromatic rings. The van der Waals surface area contributed by atoms with E-state index < -0.39 is 15.4 Å². The number of hydrogen-bond acceptors (Lipinski definition) is 3. The minimum absolute atomic E-state index is 0.119. The zero-order valence-corrected chi connectivity index (χ0v) is 13.2. The predicted octanol–water partition coefficient (Wildman–Crippen LogP) is 2.65. The highest BCUT2D eigenvalue weighted by Crippen LogP contribution is 2.27. The topological polar surface area (TPSA) is 69.4 Å². The summed E-state index contributed by atoms with van der Waals surface area (Å²) in [6.07, 6.45) is 0. The van der Waals surface area contributed by atoms with E-state index >= 15 is 0 Å². The van der Waals surface area contributed by atoms with Gasteiger partial charge in [0, 0.05) is 10.4 Å². The molecule has 0 saturated heterocycles. The minimum Gasteiger partial charge on any atom is -0.493 e. The number of ether oxygens (including phenoxy) is 1. The molecule has 0 saturated carbocycles. The average molecular weight is 306 g/mol. The maximum absolute atomic E-state index is 11.1. The molecule has 0 aliphatic carbocycles. The SMILES string of the molecule is Cc1cc(OCC(C)(C)CS(N)(=O)=O)cc(C)c1Cl. The molecule has 0 aromatic heterocycles. The van der Waals surface area contributed by atoms with Gasteiger partial charge in [0.05, 0.1) is 12.4 Å². The van der Waals surface area contributed by atoms with Crippen LogP contribution in [0.5, 0.6) is 5.75 Å². The van der Waals surface area contributed by atoms with Crippen LogP contribution in [0.15, 0.2) is 12.1 Å². The van der Waals surface area contributed by atoms with E-state index in [4.69, 9.17) is 21.5 Å². The van der Waals surface area contributed by atoms with E-state index in [9.17, 15) is 8.42 Å². The quantitative estimate of drug-likeness (QED) is 0.909. The summed E-state index contributed by atoms with van der Waals surface area (Å²) in [6.45, 7) is 7.67. The summed E-state index contributed by atoms with van der Waals surface area (Å²) in [6, 6.07) is 3.67. The third-order valence-electron chi connectivity index (χ3n) is 2.63. The molecule has 108 valence electrons. The number of rotatable bonds is 5. The largest absolute Gasteiger partial charge is 0.493 e. The first-order valence-electron chi connectivity index (χ1n) is 5.90. The van der Waals surface area contributed by atoms with E-state index in [2.05, 4.69) is 0 Å². The second kappa shape index (κ2) is 5.69. The highest BCUT2D eigenvalue weighted by atomic mass is 35.5. The molecule has 0 radical (unpaired) electrons. The summed E-state index contributed by atoms with van der Waals surface area (Å²) in [5.74, 6) is 0.563. The Bertz CT molecular complexity index is 544. The Kier molecular flexibility index (Phi) is 4.87. The van der Waals surface area contributed by atoms with Crippen molar-refractivity contribution in [2.75, 3.05) is 12.4 Å². The first-order chi connectivity index (χ1) is 8.50. The number of nitrogens with two attached hydrogens (primary N) is 1. The number of primary sulfonamides is 1. The van der Waals surface area contributed by atoms with Crippen molar-refractivity contribution in [2.24, 2.45) is 10.6 Å². The number of halogens is 1. The maximum atomic E-state index is 11.1. The van der Waals surface area contributed by atoms with Gasteiger partial charge in [-0.3, -0.25) is 0 Å². The van der Waals surface area contributed by atoms with Gasteiger partial charge >= 0.3 is 0 Å². The third-order valence-corrected chi connectivity index (χ3v) is 4.41. The van der Waals surface area contributed by atoms with Crippen molar-refractivity contribution in [3.8, 4) is 5.75 Å². The van der Waals surface area contributed by atoms with Crippen molar-refractivity contribution in [2.45, 2.75) is 27.7 Å². The van der Waals surface area contributed by atoms with Gasteiger partial charge in [0.25, 0.3) is 0 Å². The van der Waals surface area contributed by atoms with Gasteiger partial charge in [-0.1, -0.05) is 25.4 Å². The number of hydrogen-bond donors (Lipinski definition) is 1. The van der Waals surface area contributed by atoms with Crippen LogP contribution in [0.3, 0.4) is 0 Å². The molecule has 0 bridgehead atoms. The van der Waals surface area contributed by atoms with Crippen LogP contribution < -0.4 is 9.88 Å². The Labute approximate surface area is 120 Å². The molecule has 0 unspecified atom stereocenters. The van der Waals surface area contributed by atoms with E-state index in [1.54, 1.807) is 13.8 Å². The van der Waals surface area contributed by atoms with Crippen molar-refractivity contribution < 1.29 is 13.2 Å². The maximum Gasteiger partial charge on any atom is 0.209 e. The van der Waals surface area contributed by atoms with Crippen LogP contribution in [-0.4, -0.2) is 20.8 Å². The van der Waals surface area contributed by atoms with Crippen molar-refractivity contribution in [3.63, 3.8) is 0 Å². The Morgan fingerprint density at radius 3 is 2.16 bits per heavy atom. The minimum atomic E-state index is -3.51. The lowest BCUT2D eigenvalue weighted by molar-refractivity contribution is 0.199. The van der Waals surface area contributed by atoms with Gasteiger partial charge in [-0.05, 0) is 37.1 Å². The summed E-state index contributed by atoms with van der Waals surface area (Å²) >= 11 is 6.08. The van der Waals surface area contributed by atoms with Crippen molar-refractivity contribution in [3.05, 3.63) is 28.3 Å². The van der Waals surface area contributed by atoms with Gasteiger partial charge in [0.15, 0.2) is 0 Å². The van der Waals surface area contributed by atoms with Gasteiger partial charge in [-0.15, -0.1) is 0 Å². The molecule has 0 heterocycles. The molecule has 0 amide bonds. The van der Waals surface area contributed by atoms with Gasteiger partial charge in [-0.25, -0.2) is 13.6 Å². The fourth-order valence-electron chi connectivity index (χ4n) is 1.85. The lowest BCUT2D eigenvalue weighted by Gasteiger charge is -2.23. The average Bonchev–Trinajstić information content (AvgIpc) is 2.19. The fraction of sp³-hybridized carbons (Fsp3) is 0.538. The molecule has 0 spiro atoms. The van der Waals surface area contributed by atoms with Crippen LogP contribution in [0, 0.1) is 19.3 Å². The smallest absolute Gasteiger partial charge is 0.209 e. The van der Waals surface area contributed by atoms with Crippen molar-refractivity contribution in [1.29, 1.82) is 0 Å². The molecule has 0 aliphatic heterocycles. The predicted molar refractivity (Wildman–Crippen MR) is 78.2 cm³/mol. The summed E-state index contributed by atoms with van der Waals surface area (Å²) < 4.78 is 27.9.